The normalized spacial score (nSPS) is 14.6. The number of pyridine rings is 1. The third kappa shape index (κ3) is 3.88. The molecule has 0 radical (unpaired) electrons. The van der Waals surface area contributed by atoms with Gasteiger partial charge in [-0.05, 0) is 60.9 Å². The third-order valence-corrected chi connectivity index (χ3v) is 6.43. The first-order valence-corrected chi connectivity index (χ1v) is 11.3. The summed E-state index contributed by atoms with van der Waals surface area (Å²) in [5.41, 5.74) is 4.95. The molecule has 4 aromatic rings. The second kappa shape index (κ2) is 8.64. The van der Waals surface area contributed by atoms with Crippen molar-refractivity contribution in [3.63, 3.8) is 0 Å². The van der Waals surface area contributed by atoms with Crippen molar-refractivity contribution in [3.05, 3.63) is 71.8 Å². The van der Waals surface area contributed by atoms with Gasteiger partial charge in [0.15, 0.2) is 0 Å². The molecule has 1 fully saturated rings. The van der Waals surface area contributed by atoms with Gasteiger partial charge in [-0.1, -0.05) is 55.1 Å². The summed E-state index contributed by atoms with van der Waals surface area (Å²) in [6, 6.07) is 22.8. The fourth-order valence-corrected chi connectivity index (χ4v) is 4.72. The van der Waals surface area contributed by atoms with Crippen LogP contribution in [0.15, 0.2) is 66.7 Å². The maximum atomic E-state index is 6.60. The van der Waals surface area contributed by atoms with Crippen LogP contribution in [-0.2, 0) is 0 Å². The van der Waals surface area contributed by atoms with Crippen LogP contribution in [0.5, 0.6) is 5.75 Å². The maximum Gasteiger partial charge on any atom is 0.139 e. The highest BCUT2D eigenvalue weighted by molar-refractivity contribution is 6.33. The molecule has 4 nitrogen and oxygen atoms in total. The second-order valence-electron chi connectivity index (χ2n) is 8.10. The van der Waals surface area contributed by atoms with Gasteiger partial charge in [-0.3, -0.25) is 4.40 Å². The van der Waals surface area contributed by atoms with Crippen LogP contribution in [0.4, 0.5) is 5.82 Å². The molecule has 2 aromatic carbocycles. The van der Waals surface area contributed by atoms with Gasteiger partial charge in [-0.15, -0.1) is 0 Å². The minimum absolute atomic E-state index is 0.443. The summed E-state index contributed by atoms with van der Waals surface area (Å²) >= 11 is 6.60. The molecule has 158 valence electrons. The first-order chi connectivity index (χ1) is 15.2. The molecule has 0 amide bonds. The average Bonchev–Trinajstić information content (AvgIpc) is 3.18. The van der Waals surface area contributed by atoms with Crippen LogP contribution in [0.3, 0.4) is 0 Å². The summed E-state index contributed by atoms with van der Waals surface area (Å²) in [4.78, 5) is 5.02. The van der Waals surface area contributed by atoms with E-state index in [2.05, 4.69) is 40.0 Å². The Bertz CT molecular complexity index is 1190. The third-order valence-electron chi connectivity index (χ3n) is 6.10. The number of hydrogen-bond donors (Lipinski definition) is 1. The largest absolute Gasteiger partial charge is 0.497 e. The number of fused-ring (bicyclic) bond motifs is 1. The fourth-order valence-electron chi connectivity index (χ4n) is 4.49. The van der Waals surface area contributed by atoms with Crippen LogP contribution in [0.25, 0.3) is 28.2 Å². The van der Waals surface area contributed by atoms with Crippen LogP contribution in [0.1, 0.15) is 32.1 Å². The number of ether oxygens (including phenoxy) is 1. The van der Waals surface area contributed by atoms with Crippen molar-refractivity contribution in [1.82, 2.24) is 9.38 Å². The number of imidazole rings is 1. The van der Waals surface area contributed by atoms with E-state index in [1.807, 2.05) is 36.4 Å². The van der Waals surface area contributed by atoms with Gasteiger partial charge < -0.3 is 10.1 Å². The number of halogens is 1. The van der Waals surface area contributed by atoms with Crippen molar-refractivity contribution in [2.45, 2.75) is 38.1 Å². The van der Waals surface area contributed by atoms with E-state index in [9.17, 15) is 0 Å². The lowest BCUT2D eigenvalue weighted by Crippen LogP contribution is -2.23. The molecule has 5 heteroatoms. The molecule has 0 aliphatic heterocycles. The van der Waals surface area contributed by atoms with Crippen LogP contribution in [-0.4, -0.2) is 22.5 Å². The van der Waals surface area contributed by atoms with Crippen molar-refractivity contribution >= 4 is 23.1 Å². The number of nitrogens with zero attached hydrogens (tertiary/aromatic N) is 2. The van der Waals surface area contributed by atoms with Gasteiger partial charge in [0, 0.05) is 11.6 Å². The summed E-state index contributed by atoms with van der Waals surface area (Å²) in [5.74, 6) is 1.86. The Morgan fingerprint density at radius 1 is 0.935 bits per heavy atom. The Kier molecular flexibility index (Phi) is 5.56. The Labute approximate surface area is 187 Å². The van der Waals surface area contributed by atoms with Crippen LogP contribution in [0.2, 0.25) is 5.02 Å². The van der Waals surface area contributed by atoms with E-state index in [-0.39, 0.29) is 0 Å². The Hall–Kier alpha value is -2.98. The lowest BCUT2D eigenvalue weighted by molar-refractivity contribution is 0.415. The van der Waals surface area contributed by atoms with Gasteiger partial charge in [0.25, 0.3) is 0 Å². The summed E-state index contributed by atoms with van der Waals surface area (Å²) in [7, 11) is 1.69. The van der Waals surface area contributed by atoms with E-state index in [0.29, 0.717) is 11.1 Å². The summed E-state index contributed by atoms with van der Waals surface area (Å²) in [6.45, 7) is 0. The number of benzene rings is 2. The number of methoxy groups -OCH3 is 1. The molecular weight excluding hydrogens is 406 g/mol. The topological polar surface area (TPSA) is 38.6 Å². The lowest BCUT2D eigenvalue weighted by Gasteiger charge is -2.24. The molecule has 1 aliphatic carbocycles. The number of anilines is 1. The summed E-state index contributed by atoms with van der Waals surface area (Å²) in [6.07, 6.45) is 6.21. The smallest absolute Gasteiger partial charge is 0.139 e. The van der Waals surface area contributed by atoms with Gasteiger partial charge in [0.1, 0.15) is 22.9 Å². The van der Waals surface area contributed by atoms with Crippen molar-refractivity contribution in [3.8, 4) is 28.3 Å². The number of rotatable bonds is 5. The zero-order valence-corrected chi connectivity index (χ0v) is 18.4. The van der Waals surface area contributed by atoms with Gasteiger partial charge in [0.2, 0.25) is 0 Å². The molecule has 1 aliphatic rings. The summed E-state index contributed by atoms with van der Waals surface area (Å²) < 4.78 is 7.58. The fraction of sp³-hybridized carbons (Fsp3) is 0.269. The molecule has 2 aromatic heterocycles. The van der Waals surface area contributed by atoms with E-state index in [1.54, 1.807) is 7.11 Å². The molecule has 0 spiro atoms. The zero-order chi connectivity index (χ0) is 21.2. The predicted octanol–water partition coefficient (Wildman–Crippen LogP) is 7.07. The van der Waals surface area contributed by atoms with Gasteiger partial charge in [0.05, 0.1) is 17.8 Å². The van der Waals surface area contributed by atoms with Crippen molar-refractivity contribution < 1.29 is 4.74 Å². The van der Waals surface area contributed by atoms with Gasteiger partial charge in [-0.2, -0.15) is 0 Å². The van der Waals surface area contributed by atoms with Crippen molar-refractivity contribution in [1.29, 1.82) is 0 Å². The maximum absolute atomic E-state index is 6.60. The second-order valence-corrected chi connectivity index (χ2v) is 8.51. The Morgan fingerprint density at radius 2 is 1.71 bits per heavy atom. The quantitative estimate of drug-likeness (QED) is 0.367. The Morgan fingerprint density at radius 3 is 2.45 bits per heavy atom. The van der Waals surface area contributed by atoms with Crippen molar-refractivity contribution in [2.75, 3.05) is 12.4 Å². The molecule has 1 N–H and O–H groups in total. The number of hydrogen-bond acceptors (Lipinski definition) is 3. The molecule has 5 rings (SSSR count). The van der Waals surface area contributed by atoms with E-state index in [4.69, 9.17) is 21.3 Å². The van der Waals surface area contributed by atoms with Crippen LogP contribution in [0, 0.1) is 0 Å². The molecule has 0 atom stereocenters. The average molecular weight is 432 g/mol. The highest BCUT2D eigenvalue weighted by Gasteiger charge is 2.22. The molecule has 0 saturated heterocycles. The first-order valence-electron chi connectivity index (χ1n) is 10.9. The van der Waals surface area contributed by atoms with Gasteiger partial charge >= 0.3 is 0 Å². The van der Waals surface area contributed by atoms with E-state index >= 15 is 0 Å². The molecule has 1 saturated carbocycles. The molecule has 0 unspecified atom stereocenters. The minimum atomic E-state index is 0.443. The minimum Gasteiger partial charge on any atom is -0.497 e. The molecular formula is C26H26ClN3O. The number of aromatic nitrogens is 2. The first kappa shape index (κ1) is 20.0. The van der Waals surface area contributed by atoms with E-state index in [0.717, 1.165) is 39.7 Å². The van der Waals surface area contributed by atoms with Crippen LogP contribution < -0.4 is 10.1 Å². The monoisotopic (exact) mass is 431 g/mol. The van der Waals surface area contributed by atoms with Crippen LogP contribution >= 0.6 is 11.6 Å². The Balaban J connectivity index is 1.71. The van der Waals surface area contributed by atoms with E-state index in [1.165, 1.54) is 32.1 Å². The lowest BCUT2D eigenvalue weighted by atomic mass is 9.95. The number of nitrogens with one attached hydrogen (secondary N) is 1. The van der Waals surface area contributed by atoms with Gasteiger partial charge in [-0.25, -0.2) is 4.98 Å². The SMILES string of the molecule is COc1ccc(-c2cccc3nc(-c4ccccc4Cl)c(NC4CCCCC4)n23)cc1. The standard InChI is InChI=1S/C26H26ClN3O/c1-31-20-16-14-18(15-17-20)23-12-7-13-24-29-25(21-10-5-6-11-22(21)27)26(30(23)24)28-19-8-3-2-4-9-19/h5-7,10-17,19,28H,2-4,8-9H2,1H3. The zero-order valence-electron chi connectivity index (χ0n) is 17.6. The van der Waals surface area contributed by atoms with E-state index < -0.39 is 0 Å². The highest BCUT2D eigenvalue weighted by atomic mass is 35.5. The molecule has 2 heterocycles. The summed E-state index contributed by atoms with van der Waals surface area (Å²) in [5, 5.41) is 4.56. The van der Waals surface area contributed by atoms with Crippen molar-refractivity contribution in [2.24, 2.45) is 0 Å². The highest BCUT2D eigenvalue weighted by Crippen LogP contribution is 2.37. The molecule has 0 bridgehead atoms. The molecule has 31 heavy (non-hydrogen) atoms. The predicted molar refractivity (Wildman–Crippen MR) is 128 cm³/mol.